The maximum atomic E-state index is 5.37. The van der Waals surface area contributed by atoms with Gasteiger partial charge in [0.2, 0.25) is 5.89 Å². The summed E-state index contributed by atoms with van der Waals surface area (Å²) in [5.41, 5.74) is -0.00355. The van der Waals surface area contributed by atoms with Crippen LogP contribution in [0.5, 0.6) is 0 Å². The van der Waals surface area contributed by atoms with Gasteiger partial charge in [0.15, 0.2) is 5.82 Å². The average molecular weight is 208 g/mol. The van der Waals surface area contributed by atoms with Crippen LogP contribution in [-0.4, -0.2) is 10.1 Å². The van der Waals surface area contributed by atoms with Crippen molar-refractivity contribution in [1.82, 2.24) is 10.1 Å². The third kappa shape index (κ3) is 2.39. The van der Waals surface area contributed by atoms with Crippen LogP contribution in [0.15, 0.2) is 4.52 Å². The molecular formula is C12H20N2O. The van der Waals surface area contributed by atoms with Crippen molar-refractivity contribution in [1.29, 1.82) is 0 Å². The molecule has 3 heteroatoms. The highest BCUT2D eigenvalue weighted by Gasteiger charge is 2.25. The van der Waals surface area contributed by atoms with Crippen LogP contribution in [0.2, 0.25) is 0 Å². The van der Waals surface area contributed by atoms with Crippen LogP contribution in [0.3, 0.4) is 0 Å². The molecule has 0 unspecified atom stereocenters. The quantitative estimate of drug-likeness (QED) is 0.710. The Morgan fingerprint density at radius 3 is 2.33 bits per heavy atom. The number of hydrogen-bond donors (Lipinski definition) is 0. The Kier molecular flexibility index (Phi) is 2.81. The van der Waals surface area contributed by atoms with Gasteiger partial charge in [-0.05, 0) is 12.8 Å². The van der Waals surface area contributed by atoms with Crippen LogP contribution in [0, 0.1) is 0 Å². The molecule has 3 nitrogen and oxygen atoms in total. The highest BCUT2D eigenvalue weighted by molar-refractivity contribution is 5.03. The molecule has 0 saturated heterocycles. The van der Waals surface area contributed by atoms with E-state index in [4.69, 9.17) is 4.52 Å². The van der Waals surface area contributed by atoms with Crippen LogP contribution in [0.25, 0.3) is 0 Å². The largest absolute Gasteiger partial charge is 0.339 e. The van der Waals surface area contributed by atoms with Gasteiger partial charge in [-0.1, -0.05) is 45.2 Å². The van der Waals surface area contributed by atoms with Crippen LogP contribution in [0.4, 0.5) is 0 Å². The van der Waals surface area contributed by atoms with Crippen molar-refractivity contribution in [3.63, 3.8) is 0 Å². The zero-order valence-electron chi connectivity index (χ0n) is 9.92. The Hall–Kier alpha value is -0.860. The molecule has 0 aromatic carbocycles. The van der Waals surface area contributed by atoms with E-state index in [0.717, 1.165) is 11.7 Å². The molecular weight excluding hydrogens is 188 g/mol. The second kappa shape index (κ2) is 3.95. The van der Waals surface area contributed by atoms with E-state index in [1.165, 1.54) is 32.1 Å². The molecule has 1 saturated carbocycles. The highest BCUT2D eigenvalue weighted by Crippen LogP contribution is 2.32. The lowest BCUT2D eigenvalue weighted by Gasteiger charge is -2.17. The van der Waals surface area contributed by atoms with E-state index in [1.54, 1.807) is 0 Å². The number of hydrogen-bond acceptors (Lipinski definition) is 3. The molecule has 15 heavy (non-hydrogen) atoms. The second-order valence-corrected chi connectivity index (χ2v) is 5.54. The molecule has 1 fully saturated rings. The highest BCUT2D eigenvalue weighted by atomic mass is 16.5. The summed E-state index contributed by atoms with van der Waals surface area (Å²) >= 11 is 0. The molecule has 1 aliphatic carbocycles. The summed E-state index contributed by atoms with van der Waals surface area (Å²) < 4.78 is 5.37. The lowest BCUT2D eigenvalue weighted by Crippen LogP contribution is -2.13. The molecule has 1 aromatic heterocycles. The summed E-state index contributed by atoms with van der Waals surface area (Å²) in [6, 6.07) is 0. The SMILES string of the molecule is CC(C)(C)c1noc(C2CCCCC2)n1. The van der Waals surface area contributed by atoms with Gasteiger partial charge in [0.05, 0.1) is 0 Å². The van der Waals surface area contributed by atoms with E-state index >= 15 is 0 Å². The number of aromatic nitrogens is 2. The van der Waals surface area contributed by atoms with Gasteiger partial charge in [0.25, 0.3) is 0 Å². The van der Waals surface area contributed by atoms with E-state index < -0.39 is 0 Å². The van der Waals surface area contributed by atoms with Crippen molar-refractivity contribution < 1.29 is 4.52 Å². The number of rotatable bonds is 1. The van der Waals surface area contributed by atoms with Crippen LogP contribution >= 0.6 is 0 Å². The van der Waals surface area contributed by atoms with Crippen molar-refractivity contribution >= 4 is 0 Å². The Labute approximate surface area is 91.3 Å². The Balaban J connectivity index is 2.12. The lowest BCUT2D eigenvalue weighted by atomic mass is 9.89. The molecule has 1 aliphatic rings. The molecule has 2 rings (SSSR count). The molecule has 0 aliphatic heterocycles. The first-order valence-corrected chi connectivity index (χ1v) is 5.91. The van der Waals surface area contributed by atoms with Crippen LogP contribution in [0.1, 0.15) is 70.5 Å². The van der Waals surface area contributed by atoms with Crippen molar-refractivity contribution in [2.75, 3.05) is 0 Å². The Bertz CT molecular complexity index is 319. The van der Waals surface area contributed by atoms with Crippen molar-refractivity contribution in [2.24, 2.45) is 0 Å². The van der Waals surface area contributed by atoms with Gasteiger partial charge in [-0.3, -0.25) is 0 Å². The van der Waals surface area contributed by atoms with Gasteiger partial charge in [-0.15, -0.1) is 0 Å². The third-order valence-electron chi connectivity index (χ3n) is 3.07. The third-order valence-corrected chi connectivity index (χ3v) is 3.07. The smallest absolute Gasteiger partial charge is 0.229 e. The van der Waals surface area contributed by atoms with Gasteiger partial charge in [-0.25, -0.2) is 0 Å². The maximum Gasteiger partial charge on any atom is 0.229 e. The first kappa shape index (κ1) is 10.7. The molecule has 0 amide bonds. The van der Waals surface area contributed by atoms with E-state index in [0.29, 0.717) is 5.92 Å². The molecule has 84 valence electrons. The Morgan fingerprint density at radius 2 is 1.80 bits per heavy atom. The topological polar surface area (TPSA) is 38.9 Å². The fourth-order valence-electron chi connectivity index (χ4n) is 2.06. The molecule has 0 bridgehead atoms. The Morgan fingerprint density at radius 1 is 1.13 bits per heavy atom. The predicted molar refractivity (Wildman–Crippen MR) is 58.8 cm³/mol. The fourth-order valence-corrected chi connectivity index (χ4v) is 2.06. The maximum absolute atomic E-state index is 5.37. The molecule has 1 heterocycles. The van der Waals surface area contributed by atoms with Gasteiger partial charge < -0.3 is 4.52 Å². The molecule has 0 atom stereocenters. The monoisotopic (exact) mass is 208 g/mol. The fraction of sp³-hybridized carbons (Fsp3) is 0.833. The van der Waals surface area contributed by atoms with E-state index in [2.05, 4.69) is 30.9 Å². The number of nitrogens with zero attached hydrogens (tertiary/aromatic N) is 2. The van der Waals surface area contributed by atoms with Gasteiger partial charge in [-0.2, -0.15) is 4.98 Å². The summed E-state index contributed by atoms with van der Waals surface area (Å²) in [6.45, 7) is 6.34. The van der Waals surface area contributed by atoms with E-state index in [-0.39, 0.29) is 5.41 Å². The van der Waals surface area contributed by atoms with Crippen molar-refractivity contribution in [3.05, 3.63) is 11.7 Å². The van der Waals surface area contributed by atoms with E-state index in [9.17, 15) is 0 Å². The minimum atomic E-state index is -0.00355. The lowest BCUT2D eigenvalue weighted by molar-refractivity contribution is 0.309. The van der Waals surface area contributed by atoms with Crippen molar-refractivity contribution in [3.8, 4) is 0 Å². The minimum Gasteiger partial charge on any atom is -0.339 e. The summed E-state index contributed by atoms with van der Waals surface area (Å²) in [7, 11) is 0. The van der Waals surface area contributed by atoms with Crippen LogP contribution < -0.4 is 0 Å². The molecule has 0 N–H and O–H groups in total. The standard InChI is InChI=1S/C12H20N2O/c1-12(2,3)11-13-10(15-14-11)9-7-5-4-6-8-9/h9H,4-8H2,1-3H3. The molecule has 1 aromatic rings. The zero-order chi connectivity index (χ0) is 10.9. The summed E-state index contributed by atoms with van der Waals surface area (Å²) in [4.78, 5) is 4.53. The first-order valence-electron chi connectivity index (χ1n) is 5.91. The van der Waals surface area contributed by atoms with Crippen molar-refractivity contribution in [2.45, 2.75) is 64.2 Å². The van der Waals surface area contributed by atoms with Crippen LogP contribution in [-0.2, 0) is 5.41 Å². The summed E-state index contributed by atoms with van der Waals surface area (Å²) in [5, 5.41) is 4.08. The van der Waals surface area contributed by atoms with Gasteiger partial charge >= 0.3 is 0 Å². The summed E-state index contributed by atoms with van der Waals surface area (Å²) in [6.07, 6.45) is 6.39. The predicted octanol–water partition coefficient (Wildman–Crippen LogP) is 3.41. The van der Waals surface area contributed by atoms with E-state index in [1.807, 2.05) is 0 Å². The van der Waals surface area contributed by atoms with Gasteiger partial charge in [0, 0.05) is 11.3 Å². The zero-order valence-corrected chi connectivity index (χ0v) is 9.92. The summed E-state index contributed by atoms with van der Waals surface area (Å²) in [5.74, 6) is 2.21. The van der Waals surface area contributed by atoms with Gasteiger partial charge in [0.1, 0.15) is 0 Å². The molecule has 0 radical (unpaired) electrons. The normalized spacial score (nSPS) is 19.4. The second-order valence-electron chi connectivity index (χ2n) is 5.54. The average Bonchev–Trinajstić information content (AvgIpc) is 2.67. The molecule has 0 spiro atoms. The first-order chi connectivity index (χ1) is 7.07. The minimum absolute atomic E-state index is 0.00355.